The van der Waals surface area contributed by atoms with Crippen molar-refractivity contribution in [2.75, 3.05) is 6.26 Å². The smallest absolute Gasteiger partial charge is 0.0663 e. The van der Waals surface area contributed by atoms with E-state index in [0.29, 0.717) is 0 Å². The van der Waals surface area contributed by atoms with Crippen LogP contribution in [0, 0.1) is 10.1 Å². The van der Waals surface area contributed by atoms with Gasteiger partial charge in [0.2, 0.25) is 0 Å². The molecule has 0 atom stereocenters. The highest BCUT2D eigenvalue weighted by Crippen LogP contribution is 1.81. The van der Waals surface area contributed by atoms with Gasteiger partial charge in [0.05, 0.1) is 10.3 Å². The van der Waals surface area contributed by atoms with Crippen molar-refractivity contribution in [3.05, 3.63) is 0 Å². The van der Waals surface area contributed by atoms with Gasteiger partial charge in [0, 0.05) is 6.26 Å². The van der Waals surface area contributed by atoms with Crippen molar-refractivity contribution in [3.63, 3.8) is 0 Å². The molecule has 0 aliphatic heterocycles. The van der Waals surface area contributed by atoms with Crippen LogP contribution in [-0.4, -0.2) is 6.26 Å². The Balaban J connectivity index is 3.83. The molecule has 9 heteroatoms. The van der Waals surface area contributed by atoms with Gasteiger partial charge in [-0.2, -0.15) is 10.1 Å². The molecule has 0 rings (SSSR count). The van der Waals surface area contributed by atoms with Gasteiger partial charge in [0.25, 0.3) is 0 Å². The maximum atomic E-state index is 8.48. The highest BCUT2D eigenvalue weighted by atomic mass is 32.2. The molecular weight excluding hydrogens is 156 g/mol. The summed E-state index contributed by atoms with van der Waals surface area (Å²) in [5, 5.41) is 14.2. The Morgan fingerprint density at radius 2 is 1.80 bits per heavy atom. The Morgan fingerprint density at radius 1 is 1.20 bits per heavy atom. The van der Waals surface area contributed by atoms with Gasteiger partial charge in [-0.05, 0) is 26.1 Å². The van der Waals surface area contributed by atoms with Crippen molar-refractivity contribution >= 4 is 10.3 Å². The van der Waals surface area contributed by atoms with Gasteiger partial charge in [0.15, 0.2) is 0 Å². The van der Waals surface area contributed by atoms with Gasteiger partial charge in [-0.15, -0.1) is 0 Å². The van der Waals surface area contributed by atoms with Crippen LogP contribution in [0.4, 0.5) is 0 Å². The summed E-state index contributed by atoms with van der Waals surface area (Å²) in [6.45, 7) is 0. The largest absolute Gasteiger partial charge is 0.183 e. The van der Waals surface area contributed by atoms with E-state index in [1.807, 2.05) is 0 Å². The SMILES string of the molecule is CS(#N)=NN=NN=NN=N. The van der Waals surface area contributed by atoms with Crippen LogP contribution in [-0.2, 0) is 10.3 Å². The van der Waals surface area contributed by atoms with Crippen LogP contribution >= 0.6 is 0 Å². The first-order valence-corrected chi connectivity index (χ1v) is 3.54. The second-order valence-corrected chi connectivity index (χ2v) is 2.04. The third-order valence-electron chi connectivity index (χ3n) is 0.319. The fraction of sp³-hybridized carbons (Fsp3) is 1.00. The molecule has 0 spiro atoms. The zero-order chi connectivity index (χ0) is 7.82. The van der Waals surface area contributed by atoms with E-state index in [0.717, 1.165) is 0 Å². The molecule has 0 aliphatic carbocycles. The predicted octanol–water partition coefficient (Wildman–Crippen LogP) is 1.58. The first-order chi connectivity index (χ1) is 4.77. The Bertz CT molecular complexity index is 265. The van der Waals surface area contributed by atoms with E-state index in [1.165, 1.54) is 6.26 Å². The lowest BCUT2D eigenvalue weighted by atomic mass is 12.0. The van der Waals surface area contributed by atoms with E-state index in [-0.39, 0.29) is 0 Å². The molecule has 0 aromatic rings. The van der Waals surface area contributed by atoms with Gasteiger partial charge in [-0.25, -0.2) is 0 Å². The topological polar surface area (TPSA) is 122 Å². The number of nitrogens with one attached hydrogen (secondary N) is 1. The molecule has 0 saturated carbocycles. The zero-order valence-electron chi connectivity index (χ0n) is 5.04. The minimum Gasteiger partial charge on any atom is -0.183 e. The molecule has 1 N–H and O–H groups in total. The summed E-state index contributed by atoms with van der Waals surface area (Å²) in [5.41, 5.74) is 6.11. The van der Waals surface area contributed by atoms with Crippen molar-refractivity contribution in [2.24, 2.45) is 30.6 Å². The Kier molecular flexibility index (Phi) is 4.83. The van der Waals surface area contributed by atoms with Crippen molar-refractivity contribution in [3.8, 4) is 0 Å². The van der Waals surface area contributed by atoms with Crippen molar-refractivity contribution in [1.82, 2.24) is 0 Å². The van der Waals surface area contributed by atoms with Gasteiger partial charge < -0.3 is 0 Å². The second kappa shape index (κ2) is 5.66. The van der Waals surface area contributed by atoms with Crippen molar-refractivity contribution in [2.45, 2.75) is 0 Å². The molecule has 0 radical (unpaired) electrons. The highest BCUT2D eigenvalue weighted by Gasteiger charge is 1.65. The number of hydrogen-bond donors (Lipinski definition) is 1. The van der Waals surface area contributed by atoms with Crippen LogP contribution < -0.4 is 0 Å². The van der Waals surface area contributed by atoms with Crippen molar-refractivity contribution < 1.29 is 0 Å². The molecule has 0 aromatic heterocycles. The van der Waals surface area contributed by atoms with Gasteiger partial charge >= 0.3 is 0 Å². The molecular formula is CH4N8S. The third kappa shape index (κ3) is 6.53. The second-order valence-electron chi connectivity index (χ2n) is 0.986. The molecule has 54 valence electrons. The molecule has 0 saturated heterocycles. The summed E-state index contributed by atoms with van der Waals surface area (Å²) >= 11 is 0. The molecule has 0 bridgehead atoms. The van der Waals surface area contributed by atoms with E-state index in [4.69, 9.17) is 10.1 Å². The van der Waals surface area contributed by atoms with E-state index >= 15 is 0 Å². The Hall–Kier alpha value is -1.47. The highest BCUT2D eigenvalue weighted by molar-refractivity contribution is 7.72. The predicted molar refractivity (Wildman–Crippen MR) is 32.3 cm³/mol. The van der Waals surface area contributed by atoms with Crippen LogP contribution in [0.2, 0.25) is 0 Å². The molecule has 10 heavy (non-hydrogen) atoms. The van der Waals surface area contributed by atoms with Gasteiger partial charge in [0.1, 0.15) is 0 Å². The number of nitrogens with zero attached hydrogens (tertiary/aromatic N) is 7. The first kappa shape index (κ1) is 8.53. The Morgan fingerprint density at radius 3 is 2.30 bits per heavy atom. The maximum Gasteiger partial charge on any atom is 0.0663 e. The summed E-state index contributed by atoms with van der Waals surface area (Å²) in [5.74, 6) is 0. The average molecular weight is 160 g/mol. The van der Waals surface area contributed by atoms with E-state index in [1.54, 1.807) is 0 Å². The summed E-state index contributed by atoms with van der Waals surface area (Å²) in [6.07, 6.45) is 1.44. The monoisotopic (exact) mass is 160 g/mol. The number of rotatable bonds is 3. The lowest BCUT2D eigenvalue weighted by Crippen LogP contribution is -1.54. The molecule has 8 nitrogen and oxygen atoms in total. The van der Waals surface area contributed by atoms with E-state index < -0.39 is 10.3 Å². The molecule has 0 amide bonds. The minimum absolute atomic E-state index is 1.14. The summed E-state index contributed by atoms with van der Waals surface area (Å²) < 4.78 is 11.7. The first-order valence-electron chi connectivity index (χ1n) is 2.00. The molecule has 0 heterocycles. The summed E-state index contributed by atoms with van der Waals surface area (Å²) in [7, 11) is -1.14. The fourth-order valence-electron chi connectivity index (χ4n) is 0.125. The lowest BCUT2D eigenvalue weighted by Gasteiger charge is -1.65. The normalized spacial score (nSPS) is 13.0. The van der Waals surface area contributed by atoms with Crippen LogP contribution in [0.15, 0.2) is 30.6 Å². The number of hydrogen-bond acceptors (Lipinski definition) is 2. The standard InChI is InChI=1S/CH4N8S/c1-10(3)9-8-7-6-5-4-2/h2H,1H3. The molecule has 0 fully saturated rings. The summed E-state index contributed by atoms with van der Waals surface area (Å²) in [6, 6.07) is 0. The third-order valence-corrected chi connectivity index (χ3v) is 0.629. The van der Waals surface area contributed by atoms with Crippen LogP contribution in [0.3, 0.4) is 0 Å². The van der Waals surface area contributed by atoms with E-state index in [2.05, 4.69) is 30.6 Å². The van der Waals surface area contributed by atoms with Crippen LogP contribution in [0.25, 0.3) is 0 Å². The Labute approximate surface area is 58.2 Å². The molecule has 0 unspecified atom stereocenters. The van der Waals surface area contributed by atoms with Gasteiger partial charge in [-0.1, -0.05) is 4.47 Å². The average Bonchev–Trinajstić information content (AvgIpc) is 1.87. The van der Waals surface area contributed by atoms with Gasteiger partial charge in [-0.3, -0.25) is 0 Å². The molecule has 0 aromatic carbocycles. The molecule has 0 aliphatic rings. The van der Waals surface area contributed by atoms with Crippen LogP contribution in [0.1, 0.15) is 0 Å². The maximum absolute atomic E-state index is 8.48. The zero-order valence-corrected chi connectivity index (χ0v) is 5.86. The van der Waals surface area contributed by atoms with Crippen LogP contribution in [0.5, 0.6) is 0 Å². The quantitative estimate of drug-likeness (QED) is 0.488. The lowest BCUT2D eigenvalue weighted by molar-refractivity contribution is 0.810. The van der Waals surface area contributed by atoms with E-state index in [9.17, 15) is 0 Å². The fourth-order valence-corrected chi connectivity index (χ4v) is 0.263. The summed E-state index contributed by atoms with van der Waals surface area (Å²) in [4.78, 5) is 0. The van der Waals surface area contributed by atoms with Crippen molar-refractivity contribution in [1.29, 1.82) is 10.1 Å². The minimum atomic E-state index is -1.14.